The molecule has 2 rings (SSSR count). The van der Waals surface area contributed by atoms with Gasteiger partial charge in [-0.2, -0.15) is 0 Å². The molecule has 20 heavy (non-hydrogen) atoms. The standard InChI is InChI=1S/C16H30N4/c1-5-19-8-6-7-15(19)13-17-14-16(2,3)20-11-9-18(4)10-12-20/h6-8,17H,5,9-14H2,1-4H3. The predicted molar refractivity (Wildman–Crippen MR) is 85.0 cm³/mol. The van der Waals surface area contributed by atoms with E-state index in [9.17, 15) is 0 Å². The minimum absolute atomic E-state index is 0.227. The molecular weight excluding hydrogens is 248 g/mol. The predicted octanol–water partition coefficient (Wildman–Crippen LogP) is 1.62. The van der Waals surface area contributed by atoms with Gasteiger partial charge in [0.25, 0.3) is 0 Å². The lowest BCUT2D eigenvalue weighted by Gasteiger charge is -2.43. The van der Waals surface area contributed by atoms with Crippen molar-refractivity contribution in [2.45, 2.75) is 39.4 Å². The molecule has 0 amide bonds. The summed E-state index contributed by atoms with van der Waals surface area (Å²) in [6, 6.07) is 4.34. The Hall–Kier alpha value is -0.840. The summed E-state index contributed by atoms with van der Waals surface area (Å²) in [6.45, 7) is 14.7. The van der Waals surface area contributed by atoms with Crippen LogP contribution in [0.5, 0.6) is 0 Å². The molecule has 4 nitrogen and oxygen atoms in total. The van der Waals surface area contributed by atoms with Crippen LogP contribution < -0.4 is 5.32 Å². The van der Waals surface area contributed by atoms with Gasteiger partial charge in [0.2, 0.25) is 0 Å². The summed E-state index contributed by atoms with van der Waals surface area (Å²) < 4.78 is 2.30. The molecule has 4 heteroatoms. The van der Waals surface area contributed by atoms with Crippen LogP contribution in [0.15, 0.2) is 18.3 Å². The third-order valence-electron chi connectivity index (χ3n) is 4.49. The first-order valence-electron chi connectivity index (χ1n) is 7.81. The van der Waals surface area contributed by atoms with E-state index >= 15 is 0 Å². The van der Waals surface area contributed by atoms with Gasteiger partial charge in [-0.1, -0.05) is 0 Å². The first-order chi connectivity index (χ1) is 9.53. The maximum Gasteiger partial charge on any atom is 0.0360 e. The molecule has 1 N–H and O–H groups in total. The number of hydrogen-bond donors (Lipinski definition) is 1. The van der Waals surface area contributed by atoms with Crippen LogP contribution in [0.4, 0.5) is 0 Å². The monoisotopic (exact) mass is 278 g/mol. The van der Waals surface area contributed by atoms with Gasteiger partial charge in [-0.05, 0) is 40.0 Å². The molecule has 0 atom stereocenters. The van der Waals surface area contributed by atoms with Gasteiger partial charge in [0.15, 0.2) is 0 Å². The number of piperazine rings is 1. The van der Waals surface area contributed by atoms with Gasteiger partial charge >= 0.3 is 0 Å². The van der Waals surface area contributed by atoms with E-state index in [1.165, 1.54) is 31.9 Å². The maximum absolute atomic E-state index is 3.64. The summed E-state index contributed by atoms with van der Waals surface area (Å²) in [7, 11) is 2.21. The number of hydrogen-bond acceptors (Lipinski definition) is 3. The Kier molecular flexibility index (Phi) is 5.24. The molecule has 0 spiro atoms. The van der Waals surface area contributed by atoms with E-state index in [-0.39, 0.29) is 5.54 Å². The molecule has 1 aromatic rings. The number of aromatic nitrogens is 1. The Balaban J connectivity index is 1.80. The van der Waals surface area contributed by atoms with Crippen LogP contribution in [0.25, 0.3) is 0 Å². The van der Waals surface area contributed by atoms with E-state index in [2.05, 4.69) is 65.8 Å². The maximum atomic E-state index is 3.64. The Morgan fingerprint density at radius 2 is 1.90 bits per heavy atom. The zero-order valence-electron chi connectivity index (χ0n) is 13.5. The Bertz CT molecular complexity index is 402. The highest BCUT2D eigenvalue weighted by Crippen LogP contribution is 2.16. The van der Waals surface area contributed by atoms with Gasteiger partial charge < -0.3 is 14.8 Å². The molecular formula is C16H30N4. The van der Waals surface area contributed by atoms with Crippen molar-refractivity contribution < 1.29 is 0 Å². The first kappa shape index (κ1) is 15.5. The summed E-state index contributed by atoms with van der Waals surface area (Å²) in [6.07, 6.45) is 2.16. The van der Waals surface area contributed by atoms with Crippen molar-refractivity contribution in [2.75, 3.05) is 39.8 Å². The van der Waals surface area contributed by atoms with Crippen LogP contribution in [0, 0.1) is 0 Å². The molecule has 2 heterocycles. The van der Waals surface area contributed by atoms with E-state index < -0.39 is 0 Å². The van der Waals surface area contributed by atoms with E-state index in [0.717, 1.165) is 19.6 Å². The molecule has 1 aliphatic rings. The summed E-state index contributed by atoms with van der Waals surface area (Å²) >= 11 is 0. The van der Waals surface area contributed by atoms with Gasteiger partial charge in [0, 0.05) is 63.2 Å². The second kappa shape index (κ2) is 6.74. The van der Waals surface area contributed by atoms with E-state index in [0.29, 0.717) is 0 Å². The fourth-order valence-electron chi connectivity index (χ4n) is 2.94. The minimum Gasteiger partial charge on any atom is -0.351 e. The van der Waals surface area contributed by atoms with Crippen molar-refractivity contribution in [1.82, 2.24) is 19.7 Å². The number of nitrogens with zero attached hydrogens (tertiary/aromatic N) is 3. The SMILES string of the molecule is CCn1cccc1CNCC(C)(C)N1CCN(C)CC1. The van der Waals surface area contributed by atoms with Gasteiger partial charge in [0.05, 0.1) is 0 Å². The van der Waals surface area contributed by atoms with Crippen LogP contribution in [-0.4, -0.2) is 59.7 Å². The summed E-state index contributed by atoms with van der Waals surface area (Å²) in [5.74, 6) is 0. The fraction of sp³-hybridized carbons (Fsp3) is 0.750. The van der Waals surface area contributed by atoms with Crippen LogP contribution in [0.2, 0.25) is 0 Å². The van der Waals surface area contributed by atoms with Crippen molar-refractivity contribution >= 4 is 0 Å². The van der Waals surface area contributed by atoms with E-state index in [1.807, 2.05) is 0 Å². The molecule has 0 aromatic carbocycles. The third-order valence-corrected chi connectivity index (χ3v) is 4.49. The normalized spacial score (nSPS) is 18.6. The highest BCUT2D eigenvalue weighted by atomic mass is 15.3. The van der Waals surface area contributed by atoms with Crippen LogP contribution in [0.3, 0.4) is 0 Å². The summed E-state index contributed by atoms with van der Waals surface area (Å²) in [5, 5.41) is 3.64. The van der Waals surface area contributed by atoms with Crippen molar-refractivity contribution in [1.29, 1.82) is 0 Å². The molecule has 0 saturated carbocycles. The van der Waals surface area contributed by atoms with Crippen molar-refractivity contribution in [3.05, 3.63) is 24.0 Å². The first-order valence-corrected chi connectivity index (χ1v) is 7.81. The smallest absolute Gasteiger partial charge is 0.0360 e. The second-order valence-electron chi connectivity index (χ2n) is 6.49. The lowest BCUT2D eigenvalue weighted by Crippen LogP contribution is -2.57. The summed E-state index contributed by atoms with van der Waals surface area (Å²) in [5.41, 5.74) is 1.60. The average Bonchev–Trinajstić information content (AvgIpc) is 2.86. The summed E-state index contributed by atoms with van der Waals surface area (Å²) in [4.78, 5) is 5.02. The van der Waals surface area contributed by atoms with Gasteiger partial charge in [-0.3, -0.25) is 4.90 Å². The number of likely N-dealkylation sites (N-methyl/N-ethyl adjacent to an activating group) is 1. The minimum atomic E-state index is 0.227. The molecule has 1 aromatic heterocycles. The lowest BCUT2D eigenvalue weighted by atomic mass is 10.0. The van der Waals surface area contributed by atoms with Crippen molar-refractivity contribution in [3.63, 3.8) is 0 Å². The van der Waals surface area contributed by atoms with Gasteiger partial charge in [-0.25, -0.2) is 0 Å². The Labute approximate surface area is 123 Å². The van der Waals surface area contributed by atoms with Crippen molar-refractivity contribution in [3.8, 4) is 0 Å². The second-order valence-corrected chi connectivity index (χ2v) is 6.49. The average molecular weight is 278 g/mol. The lowest BCUT2D eigenvalue weighted by molar-refractivity contribution is 0.0617. The molecule has 114 valence electrons. The zero-order valence-corrected chi connectivity index (χ0v) is 13.5. The number of nitrogens with one attached hydrogen (secondary N) is 1. The van der Waals surface area contributed by atoms with Crippen LogP contribution in [-0.2, 0) is 13.1 Å². The molecule has 1 fully saturated rings. The largest absolute Gasteiger partial charge is 0.351 e. The van der Waals surface area contributed by atoms with Crippen LogP contribution in [0.1, 0.15) is 26.5 Å². The van der Waals surface area contributed by atoms with Crippen LogP contribution >= 0.6 is 0 Å². The molecule has 0 bridgehead atoms. The van der Waals surface area contributed by atoms with E-state index in [4.69, 9.17) is 0 Å². The molecule has 0 unspecified atom stereocenters. The third kappa shape index (κ3) is 3.84. The highest BCUT2D eigenvalue weighted by Gasteiger charge is 2.28. The number of aryl methyl sites for hydroxylation is 1. The molecule has 0 radical (unpaired) electrons. The highest BCUT2D eigenvalue weighted by molar-refractivity contribution is 5.07. The number of rotatable bonds is 6. The Morgan fingerprint density at radius 1 is 1.20 bits per heavy atom. The van der Waals surface area contributed by atoms with Crippen molar-refractivity contribution in [2.24, 2.45) is 0 Å². The van der Waals surface area contributed by atoms with Gasteiger partial charge in [0.1, 0.15) is 0 Å². The molecule has 1 saturated heterocycles. The van der Waals surface area contributed by atoms with E-state index in [1.54, 1.807) is 0 Å². The molecule has 0 aliphatic carbocycles. The Morgan fingerprint density at radius 3 is 2.55 bits per heavy atom. The van der Waals surface area contributed by atoms with Gasteiger partial charge in [-0.15, -0.1) is 0 Å². The quantitative estimate of drug-likeness (QED) is 0.855. The fourth-order valence-corrected chi connectivity index (χ4v) is 2.94. The topological polar surface area (TPSA) is 23.4 Å². The zero-order chi connectivity index (χ0) is 14.6. The molecule has 1 aliphatic heterocycles.